The van der Waals surface area contributed by atoms with Crippen molar-refractivity contribution >= 4 is 40.7 Å². The van der Waals surface area contributed by atoms with Gasteiger partial charge in [0.25, 0.3) is 5.91 Å². The lowest BCUT2D eigenvalue weighted by Crippen LogP contribution is -2.50. The number of hydrogen-bond acceptors (Lipinski definition) is 2. The molecule has 0 radical (unpaired) electrons. The molecule has 0 heterocycles. The first kappa shape index (κ1) is 15.4. The van der Waals surface area contributed by atoms with E-state index in [9.17, 15) is 4.79 Å². The SMILES string of the molecule is CC(CCl)(CCl)NC(=O)COc1cccc(Cl)c1. The summed E-state index contributed by atoms with van der Waals surface area (Å²) in [5, 5.41) is 3.27. The van der Waals surface area contributed by atoms with E-state index in [-0.39, 0.29) is 24.3 Å². The van der Waals surface area contributed by atoms with E-state index in [4.69, 9.17) is 39.5 Å². The van der Waals surface area contributed by atoms with Crippen molar-refractivity contribution in [1.29, 1.82) is 0 Å². The Balaban J connectivity index is 2.47. The van der Waals surface area contributed by atoms with Crippen molar-refractivity contribution < 1.29 is 9.53 Å². The van der Waals surface area contributed by atoms with Crippen LogP contribution in [-0.4, -0.2) is 29.8 Å². The predicted molar refractivity (Wildman–Crippen MR) is 74.9 cm³/mol. The molecular weight excluding hydrogens is 296 g/mol. The van der Waals surface area contributed by atoms with Gasteiger partial charge < -0.3 is 10.1 Å². The maximum Gasteiger partial charge on any atom is 0.258 e. The molecular formula is C12H14Cl3NO2. The summed E-state index contributed by atoms with van der Waals surface area (Å²) < 4.78 is 5.30. The lowest BCUT2D eigenvalue weighted by atomic mass is 10.1. The summed E-state index contributed by atoms with van der Waals surface area (Å²) >= 11 is 17.3. The fourth-order valence-electron chi connectivity index (χ4n) is 1.18. The second-order valence-electron chi connectivity index (χ2n) is 4.12. The zero-order chi connectivity index (χ0) is 13.6. The number of alkyl halides is 2. The number of amides is 1. The molecule has 0 aliphatic carbocycles. The fourth-order valence-corrected chi connectivity index (χ4v) is 1.78. The summed E-state index contributed by atoms with van der Waals surface area (Å²) in [5.41, 5.74) is -0.627. The van der Waals surface area contributed by atoms with Gasteiger partial charge in [-0.3, -0.25) is 4.79 Å². The van der Waals surface area contributed by atoms with Crippen molar-refractivity contribution in [1.82, 2.24) is 5.32 Å². The number of hydrogen-bond donors (Lipinski definition) is 1. The fraction of sp³-hybridized carbons (Fsp3) is 0.417. The number of ether oxygens (including phenoxy) is 1. The Morgan fingerprint density at radius 3 is 2.61 bits per heavy atom. The predicted octanol–water partition coefficient (Wildman–Crippen LogP) is 3.07. The molecule has 1 aromatic carbocycles. The van der Waals surface area contributed by atoms with Gasteiger partial charge in [-0.05, 0) is 25.1 Å². The number of carbonyl (C=O) groups excluding carboxylic acids is 1. The zero-order valence-electron chi connectivity index (χ0n) is 9.88. The Morgan fingerprint density at radius 1 is 1.39 bits per heavy atom. The van der Waals surface area contributed by atoms with Crippen LogP contribution in [-0.2, 0) is 4.79 Å². The van der Waals surface area contributed by atoms with Gasteiger partial charge in [0, 0.05) is 16.8 Å². The molecule has 6 heteroatoms. The summed E-state index contributed by atoms with van der Waals surface area (Å²) in [5.74, 6) is 0.730. The number of benzene rings is 1. The van der Waals surface area contributed by atoms with Gasteiger partial charge in [-0.25, -0.2) is 0 Å². The molecule has 3 nitrogen and oxygen atoms in total. The van der Waals surface area contributed by atoms with Gasteiger partial charge in [0.05, 0.1) is 5.54 Å². The van der Waals surface area contributed by atoms with Gasteiger partial charge in [0.15, 0.2) is 6.61 Å². The molecule has 1 aromatic rings. The molecule has 1 amide bonds. The third kappa shape index (κ3) is 4.92. The number of halogens is 3. The molecule has 100 valence electrons. The Labute approximate surface area is 121 Å². The highest BCUT2D eigenvalue weighted by molar-refractivity contribution is 6.30. The first-order valence-corrected chi connectivity index (χ1v) is 6.75. The van der Waals surface area contributed by atoms with E-state index >= 15 is 0 Å². The van der Waals surface area contributed by atoms with Crippen LogP contribution in [0.1, 0.15) is 6.92 Å². The van der Waals surface area contributed by atoms with Gasteiger partial charge >= 0.3 is 0 Å². The first-order chi connectivity index (χ1) is 8.49. The highest BCUT2D eigenvalue weighted by Gasteiger charge is 2.24. The lowest BCUT2D eigenvalue weighted by molar-refractivity contribution is -0.124. The van der Waals surface area contributed by atoms with Crippen LogP contribution in [0.25, 0.3) is 0 Å². The lowest BCUT2D eigenvalue weighted by Gasteiger charge is -2.25. The average molecular weight is 311 g/mol. The topological polar surface area (TPSA) is 38.3 Å². The molecule has 0 spiro atoms. The minimum Gasteiger partial charge on any atom is -0.484 e. The maximum atomic E-state index is 11.6. The van der Waals surface area contributed by atoms with Crippen molar-refractivity contribution in [2.75, 3.05) is 18.4 Å². The molecule has 0 atom stereocenters. The minimum atomic E-state index is -0.627. The standard InChI is InChI=1S/C12H14Cl3NO2/c1-12(7-13,8-14)16-11(17)6-18-10-4-2-3-9(15)5-10/h2-5H,6-8H2,1H3,(H,16,17). The van der Waals surface area contributed by atoms with Crippen molar-refractivity contribution in [3.63, 3.8) is 0 Å². The van der Waals surface area contributed by atoms with Crippen LogP contribution in [0, 0.1) is 0 Å². The summed E-state index contributed by atoms with van der Waals surface area (Å²) in [7, 11) is 0. The van der Waals surface area contributed by atoms with Gasteiger partial charge in [-0.1, -0.05) is 17.7 Å². The molecule has 0 unspecified atom stereocenters. The van der Waals surface area contributed by atoms with E-state index in [1.54, 1.807) is 31.2 Å². The third-order valence-electron chi connectivity index (χ3n) is 2.20. The summed E-state index contributed by atoms with van der Waals surface area (Å²) in [6.45, 7) is 1.66. The van der Waals surface area contributed by atoms with Crippen LogP contribution in [0.4, 0.5) is 0 Å². The summed E-state index contributed by atoms with van der Waals surface area (Å²) in [6.07, 6.45) is 0. The molecule has 0 bridgehead atoms. The van der Waals surface area contributed by atoms with Gasteiger partial charge in [-0.2, -0.15) is 0 Å². The highest BCUT2D eigenvalue weighted by atomic mass is 35.5. The van der Waals surface area contributed by atoms with Gasteiger partial charge in [0.1, 0.15) is 5.75 Å². The molecule has 1 rings (SSSR count). The number of nitrogens with one attached hydrogen (secondary N) is 1. The van der Waals surface area contributed by atoms with Crippen molar-refractivity contribution in [3.05, 3.63) is 29.3 Å². The van der Waals surface area contributed by atoms with Crippen molar-refractivity contribution in [3.8, 4) is 5.75 Å². The Bertz CT molecular complexity index is 408. The summed E-state index contributed by atoms with van der Waals surface area (Å²) in [6, 6.07) is 6.84. The molecule has 0 aliphatic rings. The molecule has 0 aromatic heterocycles. The van der Waals surface area contributed by atoms with Crippen LogP contribution >= 0.6 is 34.8 Å². The molecule has 1 N–H and O–H groups in total. The Kier molecular flexibility index (Phi) is 6.06. The van der Waals surface area contributed by atoms with Crippen LogP contribution < -0.4 is 10.1 Å². The van der Waals surface area contributed by atoms with Crippen molar-refractivity contribution in [2.24, 2.45) is 0 Å². The second-order valence-corrected chi connectivity index (χ2v) is 5.09. The minimum absolute atomic E-state index is 0.107. The van der Waals surface area contributed by atoms with Gasteiger partial charge in [-0.15, -0.1) is 23.2 Å². The zero-order valence-corrected chi connectivity index (χ0v) is 12.1. The van der Waals surface area contributed by atoms with E-state index in [0.29, 0.717) is 10.8 Å². The molecule has 0 aliphatic heterocycles. The monoisotopic (exact) mass is 309 g/mol. The Hall–Kier alpha value is -0.640. The van der Waals surface area contributed by atoms with E-state index in [1.165, 1.54) is 0 Å². The molecule has 0 saturated heterocycles. The van der Waals surface area contributed by atoms with E-state index < -0.39 is 5.54 Å². The van der Waals surface area contributed by atoms with Crippen molar-refractivity contribution in [2.45, 2.75) is 12.5 Å². The first-order valence-electron chi connectivity index (χ1n) is 5.30. The highest BCUT2D eigenvalue weighted by Crippen LogP contribution is 2.17. The molecule has 18 heavy (non-hydrogen) atoms. The van der Waals surface area contributed by atoms with Gasteiger partial charge in [0.2, 0.25) is 0 Å². The van der Waals surface area contributed by atoms with Crippen LogP contribution in [0.15, 0.2) is 24.3 Å². The average Bonchev–Trinajstić information content (AvgIpc) is 2.36. The largest absolute Gasteiger partial charge is 0.484 e. The molecule has 0 fully saturated rings. The van der Waals surface area contributed by atoms with Crippen LogP contribution in [0.2, 0.25) is 5.02 Å². The normalized spacial score (nSPS) is 11.1. The smallest absolute Gasteiger partial charge is 0.258 e. The number of carbonyl (C=O) groups is 1. The third-order valence-corrected chi connectivity index (χ3v) is 3.61. The second kappa shape index (κ2) is 7.07. The van der Waals surface area contributed by atoms with E-state index in [1.807, 2.05) is 0 Å². The van der Waals surface area contributed by atoms with E-state index in [0.717, 1.165) is 0 Å². The number of rotatable bonds is 6. The maximum absolute atomic E-state index is 11.6. The Morgan fingerprint density at radius 2 is 2.06 bits per heavy atom. The van der Waals surface area contributed by atoms with E-state index in [2.05, 4.69) is 5.32 Å². The summed E-state index contributed by atoms with van der Waals surface area (Å²) in [4.78, 5) is 11.6. The molecule has 0 saturated carbocycles. The quantitative estimate of drug-likeness (QED) is 0.820. The van der Waals surface area contributed by atoms with Crippen LogP contribution in [0.5, 0.6) is 5.75 Å². The van der Waals surface area contributed by atoms with Crippen LogP contribution in [0.3, 0.4) is 0 Å².